The third-order valence-corrected chi connectivity index (χ3v) is 3.16. The molecule has 82 valence electrons. The predicted molar refractivity (Wildman–Crippen MR) is 65.7 cm³/mol. The van der Waals surface area contributed by atoms with Crippen LogP contribution in [0.15, 0.2) is 18.2 Å². The molecular weight excluding hydrogens is 186 g/mol. The number of hydrogen-bond acceptors (Lipinski definition) is 3. The minimum absolute atomic E-state index is 0.654. The number of anilines is 3. The van der Waals surface area contributed by atoms with Crippen molar-refractivity contribution in [3.05, 3.63) is 18.2 Å². The van der Waals surface area contributed by atoms with Crippen molar-refractivity contribution in [2.75, 3.05) is 23.3 Å². The molecule has 0 radical (unpaired) electrons. The first-order valence-corrected chi connectivity index (χ1v) is 5.64. The number of hydrogen-bond donors (Lipinski definition) is 3. The number of benzene rings is 1. The van der Waals surface area contributed by atoms with E-state index in [9.17, 15) is 0 Å². The Morgan fingerprint density at radius 3 is 2.53 bits per heavy atom. The smallest absolute Gasteiger partial charge is 0.0568 e. The highest BCUT2D eigenvalue weighted by atomic mass is 14.9. The van der Waals surface area contributed by atoms with Crippen molar-refractivity contribution in [1.29, 1.82) is 0 Å². The summed E-state index contributed by atoms with van der Waals surface area (Å²) in [5, 5.41) is 3.42. The highest BCUT2D eigenvalue weighted by Crippen LogP contribution is 2.26. The van der Waals surface area contributed by atoms with Crippen molar-refractivity contribution < 1.29 is 0 Å². The van der Waals surface area contributed by atoms with E-state index in [1.54, 1.807) is 0 Å². The first-order valence-electron chi connectivity index (χ1n) is 5.64. The van der Waals surface area contributed by atoms with Crippen LogP contribution < -0.4 is 16.8 Å². The lowest BCUT2D eigenvalue weighted by Gasteiger charge is -2.12. The van der Waals surface area contributed by atoms with Crippen LogP contribution in [0.4, 0.5) is 17.1 Å². The molecule has 0 heterocycles. The molecule has 1 fully saturated rings. The van der Waals surface area contributed by atoms with Crippen molar-refractivity contribution in [2.24, 2.45) is 5.92 Å². The average Bonchev–Trinajstić information content (AvgIpc) is 2.73. The number of rotatable bonds is 3. The molecule has 1 aromatic rings. The Morgan fingerprint density at radius 2 is 1.87 bits per heavy atom. The van der Waals surface area contributed by atoms with Crippen molar-refractivity contribution in [1.82, 2.24) is 0 Å². The third-order valence-electron chi connectivity index (χ3n) is 3.16. The topological polar surface area (TPSA) is 64.1 Å². The van der Waals surface area contributed by atoms with Crippen LogP contribution in [0.2, 0.25) is 0 Å². The second-order valence-corrected chi connectivity index (χ2v) is 4.38. The molecule has 3 heteroatoms. The van der Waals surface area contributed by atoms with Crippen LogP contribution in [0.1, 0.15) is 25.7 Å². The zero-order valence-corrected chi connectivity index (χ0v) is 9.00. The highest BCUT2D eigenvalue weighted by Gasteiger charge is 2.14. The maximum absolute atomic E-state index is 5.74. The Labute approximate surface area is 90.8 Å². The maximum atomic E-state index is 5.74. The molecule has 0 spiro atoms. The summed E-state index contributed by atoms with van der Waals surface area (Å²) >= 11 is 0. The van der Waals surface area contributed by atoms with Gasteiger partial charge >= 0.3 is 0 Å². The lowest BCUT2D eigenvalue weighted by molar-refractivity contribution is 0.580. The summed E-state index contributed by atoms with van der Waals surface area (Å²) in [5.41, 5.74) is 13.8. The van der Waals surface area contributed by atoms with Gasteiger partial charge in [0.05, 0.1) is 11.4 Å². The predicted octanol–water partition coefficient (Wildman–Crippen LogP) is 2.45. The van der Waals surface area contributed by atoms with Crippen LogP contribution in [0, 0.1) is 5.92 Å². The first-order chi connectivity index (χ1) is 7.25. The van der Waals surface area contributed by atoms with Crippen LogP contribution in [0.25, 0.3) is 0 Å². The van der Waals surface area contributed by atoms with Gasteiger partial charge in [-0.3, -0.25) is 0 Å². The van der Waals surface area contributed by atoms with Crippen LogP contribution in [-0.2, 0) is 0 Å². The molecule has 0 bridgehead atoms. The van der Waals surface area contributed by atoms with E-state index < -0.39 is 0 Å². The van der Waals surface area contributed by atoms with E-state index in [0.29, 0.717) is 11.4 Å². The average molecular weight is 205 g/mol. The van der Waals surface area contributed by atoms with Crippen LogP contribution in [0.5, 0.6) is 0 Å². The van der Waals surface area contributed by atoms with Gasteiger partial charge in [-0.05, 0) is 37.0 Å². The fourth-order valence-corrected chi connectivity index (χ4v) is 2.16. The van der Waals surface area contributed by atoms with Gasteiger partial charge in [0, 0.05) is 12.2 Å². The standard InChI is InChI=1S/C12H19N3/c13-11-6-5-10(7-12(11)14)15-8-9-3-1-2-4-9/h5-7,9,15H,1-4,8,13-14H2. The van der Waals surface area contributed by atoms with E-state index >= 15 is 0 Å². The van der Waals surface area contributed by atoms with Gasteiger partial charge in [-0.15, -0.1) is 0 Å². The molecule has 3 nitrogen and oxygen atoms in total. The molecule has 1 aliphatic rings. The quantitative estimate of drug-likeness (QED) is 0.664. The molecule has 0 aliphatic heterocycles. The van der Waals surface area contributed by atoms with E-state index in [2.05, 4.69) is 5.32 Å². The zero-order chi connectivity index (χ0) is 10.7. The molecule has 0 atom stereocenters. The van der Waals surface area contributed by atoms with Gasteiger partial charge in [0.25, 0.3) is 0 Å². The zero-order valence-electron chi connectivity index (χ0n) is 9.00. The van der Waals surface area contributed by atoms with Crippen LogP contribution in [-0.4, -0.2) is 6.54 Å². The molecule has 1 aromatic carbocycles. The van der Waals surface area contributed by atoms with Gasteiger partial charge in [-0.25, -0.2) is 0 Å². The van der Waals surface area contributed by atoms with Crippen LogP contribution in [0.3, 0.4) is 0 Å². The monoisotopic (exact) mass is 205 g/mol. The van der Waals surface area contributed by atoms with Gasteiger partial charge in [-0.1, -0.05) is 12.8 Å². The molecule has 1 saturated carbocycles. The molecule has 15 heavy (non-hydrogen) atoms. The van der Waals surface area contributed by atoms with Crippen molar-refractivity contribution in [3.63, 3.8) is 0 Å². The number of nitrogen functional groups attached to an aromatic ring is 2. The van der Waals surface area contributed by atoms with Gasteiger partial charge in [0.2, 0.25) is 0 Å². The second-order valence-electron chi connectivity index (χ2n) is 4.38. The van der Waals surface area contributed by atoms with E-state index in [4.69, 9.17) is 11.5 Å². The molecule has 1 aliphatic carbocycles. The Hall–Kier alpha value is -1.38. The van der Waals surface area contributed by atoms with E-state index in [1.165, 1.54) is 25.7 Å². The number of nitrogens with two attached hydrogens (primary N) is 2. The summed E-state index contributed by atoms with van der Waals surface area (Å²) in [6, 6.07) is 5.75. The van der Waals surface area contributed by atoms with Crippen LogP contribution >= 0.6 is 0 Å². The molecule has 0 saturated heterocycles. The minimum atomic E-state index is 0.654. The number of nitrogens with one attached hydrogen (secondary N) is 1. The Kier molecular flexibility index (Phi) is 2.99. The summed E-state index contributed by atoms with van der Waals surface area (Å²) in [5.74, 6) is 0.837. The van der Waals surface area contributed by atoms with E-state index in [0.717, 1.165) is 18.2 Å². The molecule has 2 rings (SSSR count). The molecule has 0 unspecified atom stereocenters. The molecule has 0 amide bonds. The van der Waals surface area contributed by atoms with E-state index in [1.807, 2.05) is 18.2 Å². The summed E-state index contributed by atoms with van der Waals surface area (Å²) in [4.78, 5) is 0. The molecule has 5 N–H and O–H groups in total. The minimum Gasteiger partial charge on any atom is -0.397 e. The molecular formula is C12H19N3. The SMILES string of the molecule is Nc1ccc(NCC2CCCC2)cc1N. The maximum Gasteiger partial charge on any atom is 0.0568 e. The summed E-state index contributed by atoms with van der Waals surface area (Å²) < 4.78 is 0. The van der Waals surface area contributed by atoms with Crippen molar-refractivity contribution in [2.45, 2.75) is 25.7 Å². The van der Waals surface area contributed by atoms with Gasteiger partial charge in [0.1, 0.15) is 0 Å². The lowest BCUT2D eigenvalue weighted by Crippen LogP contribution is -2.11. The fourth-order valence-electron chi connectivity index (χ4n) is 2.16. The van der Waals surface area contributed by atoms with Gasteiger partial charge < -0.3 is 16.8 Å². The lowest BCUT2D eigenvalue weighted by atomic mass is 10.1. The van der Waals surface area contributed by atoms with Crippen molar-refractivity contribution >= 4 is 17.1 Å². The second kappa shape index (κ2) is 4.43. The van der Waals surface area contributed by atoms with Gasteiger partial charge in [0.15, 0.2) is 0 Å². The largest absolute Gasteiger partial charge is 0.397 e. The summed E-state index contributed by atoms with van der Waals surface area (Å²) in [6.07, 6.45) is 5.49. The Balaban J connectivity index is 1.90. The highest BCUT2D eigenvalue weighted by molar-refractivity contribution is 5.69. The Bertz CT molecular complexity index is 330. The normalized spacial score (nSPS) is 16.8. The third kappa shape index (κ3) is 2.55. The fraction of sp³-hybridized carbons (Fsp3) is 0.500. The summed E-state index contributed by atoms with van der Waals surface area (Å²) in [6.45, 7) is 1.06. The molecule has 0 aromatic heterocycles. The van der Waals surface area contributed by atoms with E-state index in [-0.39, 0.29) is 0 Å². The van der Waals surface area contributed by atoms with Gasteiger partial charge in [-0.2, -0.15) is 0 Å². The summed E-state index contributed by atoms with van der Waals surface area (Å²) in [7, 11) is 0. The first kappa shape index (κ1) is 10.1. The van der Waals surface area contributed by atoms with Crippen molar-refractivity contribution in [3.8, 4) is 0 Å². The Morgan fingerprint density at radius 1 is 1.13 bits per heavy atom.